The Morgan fingerprint density at radius 1 is 1.15 bits per heavy atom. The van der Waals surface area contributed by atoms with Gasteiger partial charge in [-0.3, -0.25) is 10.3 Å². The molecule has 0 aliphatic heterocycles. The third-order valence-corrected chi connectivity index (χ3v) is 4.07. The topological polar surface area (TPSA) is 74.8 Å². The highest BCUT2D eigenvalue weighted by molar-refractivity contribution is 5.84. The highest BCUT2D eigenvalue weighted by atomic mass is 16.6. The summed E-state index contributed by atoms with van der Waals surface area (Å²) in [6.07, 6.45) is 4.44. The Bertz CT molecular complexity index is 601. The molecule has 1 amide bonds. The van der Waals surface area contributed by atoms with Crippen LogP contribution >= 0.6 is 0 Å². The van der Waals surface area contributed by atoms with E-state index >= 15 is 0 Å². The lowest BCUT2D eigenvalue weighted by atomic mass is 10.1. The monoisotopic (exact) mass is 360 g/mol. The number of ether oxygens (including phenoxy) is 1. The number of benzene rings is 1. The predicted octanol–water partition coefficient (Wildman–Crippen LogP) is 3.54. The summed E-state index contributed by atoms with van der Waals surface area (Å²) in [6.45, 7) is 7.32. The summed E-state index contributed by atoms with van der Waals surface area (Å²) in [6, 6.07) is 7.80. The van der Waals surface area contributed by atoms with E-state index in [1.54, 1.807) is 7.05 Å². The number of amides is 1. The lowest BCUT2D eigenvalue weighted by molar-refractivity contribution is 0.0636. The summed E-state index contributed by atoms with van der Waals surface area (Å²) in [5.74, 6) is 1.78. The Kier molecular flexibility index (Phi) is 7.30. The molecule has 1 aromatic rings. The van der Waals surface area contributed by atoms with Crippen molar-refractivity contribution in [2.45, 2.75) is 52.1 Å². The molecule has 2 rings (SSSR count). The lowest BCUT2D eigenvalue weighted by Gasteiger charge is -2.19. The number of aliphatic imine (C=N–C) groups is 1. The normalized spacial score (nSPS) is 14.7. The first-order chi connectivity index (χ1) is 12.4. The summed E-state index contributed by atoms with van der Waals surface area (Å²) in [7, 11) is 1.80. The minimum absolute atomic E-state index is 0.437. The Labute approximate surface area is 156 Å². The van der Waals surface area contributed by atoms with E-state index in [0.29, 0.717) is 0 Å². The number of carbonyl (C=O) groups excluding carboxylic acids is 1. The SMILES string of the molecule is CN=C(NCCc1ccc(NC(=O)OC(C)(C)C)cc1)NCCC1CC1. The maximum absolute atomic E-state index is 11.8. The third-order valence-electron chi connectivity index (χ3n) is 4.07. The van der Waals surface area contributed by atoms with Gasteiger partial charge in [0.25, 0.3) is 0 Å². The summed E-state index contributed by atoms with van der Waals surface area (Å²) < 4.78 is 5.25. The zero-order valence-corrected chi connectivity index (χ0v) is 16.4. The molecule has 3 N–H and O–H groups in total. The maximum atomic E-state index is 11.8. The molecule has 6 heteroatoms. The molecule has 6 nitrogen and oxygen atoms in total. The first-order valence-corrected chi connectivity index (χ1v) is 9.39. The van der Waals surface area contributed by atoms with Crippen LogP contribution in [0.5, 0.6) is 0 Å². The Morgan fingerprint density at radius 2 is 1.81 bits per heavy atom. The second-order valence-corrected chi connectivity index (χ2v) is 7.73. The summed E-state index contributed by atoms with van der Waals surface area (Å²) in [5, 5.41) is 9.43. The highest BCUT2D eigenvalue weighted by Crippen LogP contribution is 2.31. The number of carbonyl (C=O) groups is 1. The summed E-state index contributed by atoms with van der Waals surface area (Å²) in [5.41, 5.74) is 1.43. The zero-order chi connectivity index (χ0) is 19.0. The number of hydrogen-bond donors (Lipinski definition) is 3. The number of nitrogens with zero attached hydrogens (tertiary/aromatic N) is 1. The van der Waals surface area contributed by atoms with Gasteiger partial charge in [-0.2, -0.15) is 0 Å². The molecular formula is C20H32N4O2. The molecule has 26 heavy (non-hydrogen) atoms. The van der Waals surface area contributed by atoms with Crippen LogP contribution in [0.1, 0.15) is 45.6 Å². The van der Waals surface area contributed by atoms with Crippen LogP contribution in [0.2, 0.25) is 0 Å². The van der Waals surface area contributed by atoms with Gasteiger partial charge in [0.05, 0.1) is 0 Å². The van der Waals surface area contributed by atoms with Gasteiger partial charge in [0.1, 0.15) is 5.60 Å². The fraction of sp³-hybridized carbons (Fsp3) is 0.600. The van der Waals surface area contributed by atoms with Crippen molar-refractivity contribution in [1.82, 2.24) is 10.6 Å². The first kappa shape index (κ1) is 20.1. The minimum Gasteiger partial charge on any atom is -0.444 e. The van der Waals surface area contributed by atoms with Crippen LogP contribution in [0.25, 0.3) is 0 Å². The van der Waals surface area contributed by atoms with E-state index in [-0.39, 0.29) is 0 Å². The second kappa shape index (κ2) is 9.46. The van der Waals surface area contributed by atoms with Crippen LogP contribution in [0.4, 0.5) is 10.5 Å². The smallest absolute Gasteiger partial charge is 0.412 e. The fourth-order valence-corrected chi connectivity index (χ4v) is 2.52. The van der Waals surface area contributed by atoms with E-state index < -0.39 is 11.7 Å². The van der Waals surface area contributed by atoms with Crippen molar-refractivity contribution >= 4 is 17.7 Å². The van der Waals surface area contributed by atoms with E-state index in [4.69, 9.17) is 4.74 Å². The summed E-state index contributed by atoms with van der Waals surface area (Å²) in [4.78, 5) is 16.0. The minimum atomic E-state index is -0.499. The molecule has 1 fully saturated rings. The van der Waals surface area contributed by atoms with Crippen molar-refractivity contribution in [3.63, 3.8) is 0 Å². The molecule has 1 aliphatic carbocycles. The molecule has 1 saturated carbocycles. The van der Waals surface area contributed by atoms with Crippen molar-refractivity contribution < 1.29 is 9.53 Å². The molecule has 1 aromatic carbocycles. The lowest BCUT2D eigenvalue weighted by Crippen LogP contribution is -2.38. The maximum Gasteiger partial charge on any atom is 0.412 e. The van der Waals surface area contributed by atoms with E-state index in [9.17, 15) is 4.79 Å². The van der Waals surface area contributed by atoms with Gasteiger partial charge < -0.3 is 15.4 Å². The molecule has 0 saturated heterocycles. The van der Waals surface area contributed by atoms with Gasteiger partial charge in [0.15, 0.2) is 5.96 Å². The van der Waals surface area contributed by atoms with E-state index in [0.717, 1.165) is 37.1 Å². The molecule has 0 aromatic heterocycles. The molecule has 0 heterocycles. The molecule has 0 bridgehead atoms. The number of anilines is 1. The fourth-order valence-electron chi connectivity index (χ4n) is 2.52. The standard InChI is InChI=1S/C20H32N4O2/c1-20(2,3)26-19(25)24-17-9-7-16(8-10-17)12-14-23-18(21-4)22-13-11-15-5-6-15/h7-10,15H,5-6,11-14H2,1-4H3,(H,24,25)(H2,21,22,23). The van der Waals surface area contributed by atoms with Gasteiger partial charge in [0, 0.05) is 25.8 Å². The molecule has 144 valence electrons. The number of guanidine groups is 1. The molecule has 0 atom stereocenters. The van der Waals surface area contributed by atoms with Crippen LogP contribution in [0.15, 0.2) is 29.3 Å². The average molecular weight is 361 g/mol. The van der Waals surface area contributed by atoms with Crippen LogP contribution in [-0.2, 0) is 11.2 Å². The quantitative estimate of drug-likeness (QED) is 0.513. The number of rotatable bonds is 7. The van der Waals surface area contributed by atoms with Crippen LogP contribution in [-0.4, -0.2) is 37.8 Å². The molecule has 0 radical (unpaired) electrons. The van der Waals surface area contributed by atoms with Gasteiger partial charge in [-0.05, 0) is 57.2 Å². The molecule has 0 spiro atoms. The van der Waals surface area contributed by atoms with Crippen molar-refractivity contribution in [2.24, 2.45) is 10.9 Å². The molecule has 1 aliphatic rings. The highest BCUT2D eigenvalue weighted by Gasteiger charge is 2.20. The number of nitrogens with one attached hydrogen (secondary N) is 3. The Balaban J connectivity index is 1.68. The molecule has 0 unspecified atom stereocenters. The van der Waals surface area contributed by atoms with Gasteiger partial charge >= 0.3 is 6.09 Å². The van der Waals surface area contributed by atoms with Gasteiger partial charge in [-0.15, -0.1) is 0 Å². The summed E-state index contributed by atoms with van der Waals surface area (Å²) >= 11 is 0. The molecular weight excluding hydrogens is 328 g/mol. The van der Waals surface area contributed by atoms with E-state index in [1.165, 1.54) is 24.8 Å². The Hall–Kier alpha value is -2.24. The van der Waals surface area contributed by atoms with Crippen molar-refractivity contribution in [3.8, 4) is 0 Å². The van der Waals surface area contributed by atoms with Gasteiger partial charge in [-0.25, -0.2) is 4.79 Å². The van der Waals surface area contributed by atoms with Crippen LogP contribution in [0.3, 0.4) is 0 Å². The van der Waals surface area contributed by atoms with Crippen molar-refractivity contribution in [2.75, 3.05) is 25.5 Å². The van der Waals surface area contributed by atoms with Crippen molar-refractivity contribution in [1.29, 1.82) is 0 Å². The van der Waals surface area contributed by atoms with Gasteiger partial charge in [0.2, 0.25) is 0 Å². The van der Waals surface area contributed by atoms with Crippen LogP contribution in [0, 0.1) is 5.92 Å². The van der Waals surface area contributed by atoms with Crippen molar-refractivity contribution in [3.05, 3.63) is 29.8 Å². The van der Waals surface area contributed by atoms with E-state index in [1.807, 2.05) is 45.0 Å². The third kappa shape index (κ3) is 8.23. The van der Waals surface area contributed by atoms with Crippen LogP contribution < -0.4 is 16.0 Å². The predicted molar refractivity (Wildman–Crippen MR) is 107 cm³/mol. The van der Waals surface area contributed by atoms with E-state index in [2.05, 4.69) is 20.9 Å². The largest absolute Gasteiger partial charge is 0.444 e. The number of hydrogen-bond acceptors (Lipinski definition) is 3. The average Bonchev–Trinajstić information content (AvgIpc) is 3.37. The second-order valence-electron chi connectivity index (χ2n) is 7.73. The Morgan fingerprint density at radius 3 is 2.38 bits per heavy atom. The zero-order valence-electron chi connectivity index (χ0n) is 16.4. The van der Waals surface area contributed by atoms with Gasteiger partial charge in [-0.1, -0.05) is 25.0 Å². The first-order valence-electron chi connectivity index (χ1n) is 9.39.